The van der Waals surface area contributed by atoms with Crippen molar-refractivity contribution in [2.45, 2.75) is 5.16 Å². The number of nitrogens with two attached hydrogens (primary N) is 1. The van der Waals surface area contributed by atoms with Crippen LogP contribution in [-0.2, 0) is 10.0 Å². The Bertz CT molecular complexity index is 818. The van der Waals surface area contributed by atoms with Gasteiger partial charge in [-0.15, -0.1) is 0 Å². The smallest absolute Gasteiger partial charge is 0.248 e. The highest BCUT2D eigenvalue weighted by Gasteiger charge is 2.17. The number of rotatable bonds is 2. The van der Waals surface area contributed by atoms with Crippen LogP contribution >= 0.6 is 0 Å². The van der Waals surface area contributed by atoms with Crippen molar-refractivity contribution < 1.29 is 8.42 Å². The van der Waals surface area contributed by atoms with Gasteiger partial charge in [0, 0.05) is 6.20 Å². The van der Waals surface area contributed by atoms with Gasteiger partial charge in [-0.05, 0) is 12.1 Å². The Morgan fingerprint density at radius 1 is 1.33 bits per heavy atom. The fourth-order valence-electron chi connectivity index (χ4n) is 1.60. The van der Waals surface area contributed by atoms with Crippen LogP contribution in [0.4, 0.5) is 0 Å². The summed E-state index contributed by atoms with van der Waals surface area (Å²) >= 11 is 0. The predicted octanol–water partition coefficient (Wildman–Crippen LogP) is -0.233. The largest absolute Gasteiger partial charge is 0.273 e. The third kappa shape index (κ3) is 1.65. The molecule has 0 atom stereocenters. The number of fused-ring (bicyclic) bond motifs is 1. The molecule has 0 spiro atoms. The normalized spacial score (nSPS) is 12.1. The molecule has 0 aliphatic carbocycles. The molecule has 0 unspecified atom stereocenters. The standard InChI is InChI=1S/C9H8N6O2S/c10-18(16,17)9-12-8(13-14-9)6-5-11-15-4-2-1-3-7(6)15/h1-5H,(H2,10,16,17)(H,12,13,14). The minimum Gasteiger partial charge on any atom is -0.248 e. The molecule has 0 radical (unpaired) electrons. The van der Waals surface area contributed by atoms with Gasteiger partial charge in [0.1, 0.15) is 0 Å². The second-order valence-corrected chi connectivity index (χ2v) is 5.07. The summed E-state index contributed by atoms with van der Waals surface area (Å²) in [5, 5.41) is 14.8. The summed E-state index contributed by atoms with van der Waals surface area (Å²) in [6.07, 6.45) is 3.33. The Kier molecular flexibility index (Phi) is 2.18. The van der Waals surface area contributed by atoms with E-state index < -0.39 is 10.0 Å². The van der Waals surface area contributed by atoms with Crippen LogP contribution in [0.5, 0.6) is 0 Å². The molecule has 3 N–H and O–H groups in total. The summed E-state index contributed by atoms with van der Waals surface area (Å²) in [6, 6.07) is 5.50. The van der Waals surface area contributed by atoms with Gasteiger partial charge in [-0.3, -0.25) is 0 Å². The van der Waals surface area contributed by atoms with E-state index in [1.807, 2.05) is 18.2 Å². The minimum atomic E-state index is -3.88. The molecule has 18 heavy (non-hydrogen) atoms. The van der Waals surface area contributed by atoms with Crippen LogP contribution in [0, 0.1) is 0 Å². The highest BCUT2D eigenvalue weighted by atomic mass is 32.2. The Morgan fingerprint density at radius 3 is 2.89 bits per heavy atom. The monoisotopic (exact) mass is 264 g/mol. The lowest BCUT2D eigenvalue weighted by atomic mass is 10.2. The lowest BCUT2D eigenvalue weighted by molar-refractivity contribution is 0.589. The van der Waals surface area contributed by atoms with Gasteiger partial charge in [0.2, 0.25) is 0 Å². The topological polar surface area (TPSA) is 119 Å². The van der Waals surface area contributed by atoms with Gasteiger partial charge in [0.15, 0.2) is 5.82 Å². The zero-order valence-electron chi connectivity index (χ0n) is 8.98. The molecule has 0 amide bonds. The van der Waals surface area contributed by atoms with Crippen LogP contribution < -0.4 is 5.14 Å². The molecule has 3 rings (SSSR count). The summed E-state index contributed by atoms with van der Waals surface area (Å²) < 4.78 is 23.8. The van der Waals surface area contributed by atoms with Gasteiger partial charge in [-0.25, -0.2) is 23.2 Å². The average molecular weight is 264 g/mol. The summed E-state index contributed by atoms with van der Waals surface area (Å²) in [5.41, 5.74) is 1.40. The van der Waals surface area contributed by atoms with E-state index in [-0.39, 0.29) is 11.0 Å². The quantitative estimate of drug-likeness (QED) is 0.662. The summed E-state index contributed by atoms with van der Waals surface area (Å²) in [7, 11) is -3.88. The number of aromatic amines is 1. The molecular weight excluding hydrogens is 256 g/mol. The molecule has 0 aromatic carbocycles. The molecule has 0 aliphatic heterocycles. The van der Waals surface area contributed by atoms with Gasteiger partial charge in [0.05, 0.1) is 17.3 Å². The molecule has 3 aromatic rings. The van der Waals surface area contributed by atoms with E-state index in [1.165, 1.54) is 0 Å². The van der Waals surface area contributed by atoms with E-state index in [1.54, 1.807) is 16.9 Å². The van der Waals surface area contributed by atoms with E-state index in [2.05, 4.69) is 20.3 Å². The number of sulfonamides is 1. The van der Waals surface area contributed by atoms with Gasteiger partial charge < -0.3 is 0 Å². The SMILES string of the molecule is NS(=O)(=O)c1nc(-c2cnn3ccccc23)n[nH]1. The van der Waals surface area contributed by atoms with Gasteiger partial charge in [0.25, 0.3) is 15.2 Å². The summed E-state index contributed by atoms with van der Waals surface area (Å²) in [6.45, 7) is 0. The maximum atomic E-state index is 11.1. The molecule has 0 fully saturated rings. The minimum absolute atomic E-state index is 0.236. The molecule has 0 saturated heterocycles. The van der Waals surface area contributed by atoms with Crippen LogP contribution in [0.15, 0.2) is 35.7 Å². The van der Waals surface area contributed by atoms with Crippen molar-refractivity contribution >= 4 is 15.5 Å². The second kappa shape index (κ2) is 3.62. The van der Waals surface area contributed by atoms with Crippen LogP contribution in [-0.4, -0.2) is 33.2 Å². The molecular formula is C9H8N6O2S. The third-order valence-electron chi connectivity index (χ3n) is 2.40. The average Bonchev–Trinajstić information content (AvgIpc) is 2.94. The van der Waals surface area contributed by atoms with E-state index in [0.717, 1.165) is 5.52 Å². The van der Waals surface area contributed by atoms with Crippen LogP contribution in [0.3, 0.4) is 0 Å². The number of nitrogens with one attached hydrogen (secondary N) is 1. The molecule has 0 aliphatic rings. The number of aromatic nitrogens is 5. The number of hydrogen-bond acceptors (Lipinski definition) is 5. The number of hydrogen-bond donors (Lipinski definition) is 2. The number of H-pyrrole nitrogens is 1. The first-order chi connectivity index (χ1) is 8.55. The van der Waals surface area contributed by atoms with E-state index in [0.29, 0.717) is 5.56 Å². The number of nitrogens with zero attached hydrogens (tertiary/aromatic N) is 4. The van der Waals surface area contributed by atoms with Crippen molar-refractivity contribution in [3.05, 3.63) is 30.6 Å². The second-order valence-electron chi connectivity index (χ2n) is 3.60. The lowest BCUT2D eigenvalue weighted by Crippen LogP contribution is -2.13. The lowest BCUT2D eigenvalue weighted by Gasteiger charge is -1.92. The molecule has 0 saturated carbocycles. The Morgan fingerprint density at radius 2 is 2.17 bits per heavy atom. The number of primary sulfonamides is 1. The highest BCUT2D eigenvalue weighted by molar-refractivity contribution is 7.89. The molecule has 3 heterocycles. The molecule has 0 bridgehead atoms. The molecule has 92 valence electrons. The van der Waals surface area contributed by atoms with Crippen molar-refractivity contribution in [2.75, 3.05) is 0 Å². The maximum absolute atomic E-state index is 11.1. The zero-order chi connectivity index (χ0) is 12.8. The van der Waals surface area contributed by atoms with Crippen molar-refractivity contribution in [1.82, 2.24) is 24.8 Å². The fraction of sp³-hybridized carbons (Fsp3) is 0. The Labute approximate surface area is 102 Å². The molecule has 9 heteroatoms. The van der Waals surface area contributed by atoms with Crippen molar-refractivity contribution in [2.24, 2.45) is 5.14 Å². The number of pyridine rings is 1. The zero-order valence-corrected chi connectivity index (χ0v) is 9.79. The summed E-state index contributed by atoms with van der Waals surface area (Å²) in [5.74, 6) is 0.236. The first-order valence-corrected chi connectivity index (χ1v) is 6.48. The highest BCUT2D eigenvalue weighted by Crippen LogP contribution is 2.20. The van der Waals surface area contributed by atoms with Crippen LogP contribution in [0.1, 0.15) is 0 Å². The Hall–Kier alpha value is -2.26. The van der Waals surface area contributed by atoms with E-state index >= 15 is 0 Å². The van der Waals surface area contributed by atoms with Gasteiger partial charge in [-0.1, -0.05) is 6.07 Å². The first kappa shape index (κ1) is 10.9. The van der Waals surface area contributed by atoms with Crippen molar-refractivity contribution in [3.8, 4) is 11.4 Å². The van der Waals surface area contributed by atoms with Crippen molar-refractivity contribution in [1.29, 1.82) is 0 Å². The predicted molar refractivity (Wildman–Crippen MR) is 61.9 cm³/mol. The van der Waals surface area contributed by atoms with Crippen LogP contribution in [0.25, 0.3) is 16.9 Å². The Balaban J connectivity index is 2.18. The molecule has 8 nitrogen and oxygen atoms in total. The summed E-state index contributed by atoms with van der Waals surface area (Å²) in [4.78, 5) is 3.84. The van der Waals surface area contributed by atoms with Crippen LogP contribution in [0.2, 0.25) is 0 Å². The third-order valence-corrected chi connectivity index (χ3v) is 3.12. The fourth-order valence-corrected chi connectivity index (χ4v) is 1.99. The van der Waals surface area contributed by atoms with E-state index in [4.69, 9.17) is 5.14 Å². The first-order valence-electron chi connectivity index (χ1n) is 4.93. The maximum Gasteiger partial charge on any atom is 0.273 e. The van der Waals surface area contributed by atoms with E-state index in [9.17, 15) is 8.42 Å². The molecule has 3 aromatic heterocycles. The van der Waals surface area contributed by atoms with Crippen molar-refractivity contribution in [3.63, 3.8) is 0 Å². The van der Waals surface area contributed by atoms with Gasteiger partial charge in [-0.2, -0.15) is 15.2 Å². The van der Waals surface area contributed by atoms with Gasteiger partial charge >= 0.3 is 0 Å².